The van der Waals surface area contributed by atoms with Crippen LogP contribution in [0.2, 0.25) is 0 Å². The van der Waals surface area contributed by atoms with E-state index in [1.807, 2.05) is 30.3 Å². The van der Waals surface area contributed by atoms with E-state index in [2.05, 4.69) is 5.32 Å². The third-order valence-electron chi connectivity index (χ3n) is 1.86. The third-order valence-corrected chi connectivity index (χ3v) is 1.86. The van der Waals surface area contributed by atoms with Crippen molar-refractivity contribution in [1.29, 1.82) is 0 Å². The largest absolute Gasteiger partial charge is 0.491 e. The van der Waals surface area contributed by atoms with E-state index >= 15 is 0 Å². The molecule has 1 rings (SSSR count). The highest BCUT2D eigenvalue weighted by molar-refractivity contribution is 5.72. The molecular weight excluding hydrogens is 206 g/mol. The maximum atomic E-state index is 10.5. The van der Waals surface area contributed by atoms with Gasteiger partial charge in [0.15, 0.2) is 0 Å². The Labute approximate surface area is 95.6 Å². The van der Waals surface area contributed by atoms with Crippen molar-refractivity contribution in [3.8, 4) is 5.75 Å². The topological polar surface area (TPSA) is 47.6 Å². The number of hydrogen-bond acceptors (Lipinski definition) is 3. The van der Waals surface area contributed by atoms with E-state index in [9.17, 15) is 4.79 Å². The van der Waals surface area contributed by atoms with E-state index in [1.165, 1.54) is 6.92 Å². The minimum Gasteiger partial charge on any atom is -0.491 e. The summed E-state index contributed by atoms with van der Waals surface area (Å²) < 4.78 is 10.7. The lowest BCUT2D eigenvalue weighted by Gasteiger charge is -2.07. The van der Waals surface area contributed by atoms with E-state index in [4.69, 9.17) is 9.47 Å². The molecule has 0 atom stereocenters. The molecule has 0 aliphatic heterocycles. The van der Waals surface area contributed by atoms with Crippen molar-refractivity contribution in [1.82, 2.24) is 5.32 Å². The first-order valence-corrected chi connectivity index (χ1v) is 5.29. The number of amides is 1. The first kappa shape index (κ1) is 12.5. The second-order valence-electron chi connectivity index (χ2n) is 3.26. The summed E-state index contributed by atoms with van der Waals surface area (Å²) in [7, 11) is 0. The lowest BCUT2D eigenvalue weighted by atomic mass is 10.3. The minimum atomic E-state index is -0.0378. The van der Waals surface area contributed by atoms with E-state index in [0.29, 0.717) is 26.4 Å². The van der Waals surface area contributed by atoms with Crippen LogP contribution in [0.5, 0.6) is 5.75 Å². The normalized spacial score (nSPS) is 9.81. The number of hydrogen-bond donors (Lipinski definition) is 1. The molecule has 1 N–H and O–H groups in total. The predicted molar refractivity (Wildman–Crippen MR) is 61.4 cm³/mol. The molecule has 1 amide bonds. The maximum Gasteiger partial charge on any atom is 0.216 e. The lowest BCUT2D eigenvalue weighted by molar-refractivity contribution is -0.119. The van der Waals surface area contributed by atoms with Gasteiger partial charge in [0.2, 0.25) is 5.91 Å². The number of rotatable bonds is 7. The average molecular weight is 223 g/mol. The Morgan fingerprint density at radius 2 is 1.94 bits per heavy atom. The Bertz CT molecular complexity index is 300. The molecule has 0 saturated carbocycles. The summed E-state index contributed by atoms with van der Waals surface area (Å²) in [6, 6.07) is 9.59. The van der Waals surface area contributed by atoms with Gasteiger partial charge < -0.3 is 14.8 Å². The second kappa shape index (κ2) is 7.70. The Balaban J connectivity index is 1.94. The summed E-state index contributed by atoms with van der Waals surface area (Å²) in [5, 5.41) is 2.65. The van der Waals surface area contributed by atoms with Gasteiger partial charge in [-0.25, -0.2) is 0 Å². The van der Waals surface area contributed by atoms with E-state index in [-0.39, 0.29) is 5.91 Å². The highest BCUT2D eigenvalue weighted by Gasteiger charge is 1.93. The summed E-state index contributed by atoms with van der Waals surface area (Å²) in [6.07, 6.45) is 0. The van der Waals surface area contributed by atoms with Gasteiger partial charge in [-0.1, -0.05) is 18.2 Å². The molecule has 4 heteroatoms. The molecule has 1 aromatic rings. The van der Waals surface area contributed by atoms with Crippen molar-refractivity contribution in [3.05, 3.63) is 30.3 Å². The molecule has 0 aliphatic carbocycles. The van der Waals surface area contributed by atoms with Crippen LogP contribution in [-0.4, -0.2) is 32.3 Å². The number of ether oxygens (including phenoxy) is 2. The highest BCUT2D eigenvalue weighted by atomic mass is 16.5. The number of carbonyl (C=O) groups is 1. The zero-order valence-electron chi connectivity index (χ0n) is 9.44. The van der Waals surface area contributed by atoms with Gasteiger partial charge in [0, 0.05) is 13.5 Å². The molecule has 1 aromatic carbocycles. The summed E-state index contributed by atoms with van der Waals surface area (Å²) in [4.78, 5) is 10.5. The van der Waals surface area contributed by atoms with Gasteiger partial charge >= 0.3 is 0 Å². The minimum absolute atomic E-state index is 0.0378. The van der Waals surface area contributed by atoms with E-state index < -0.39 is 0 Å². The average Bonchev–Trinajstić information content (AvgIpc) is 2.29. The van der Waals surface area contributed by atoms with Crippen LogP contribution < -0.4 is 10.1 Å². The van der Waals surface area contributed by atoms with Crippen molar-refractivity contribution in [3.63, 3.8) is 0 Å². The van der Waals surface area contributed by atoms with Crippen LogP contribution in [0.25, 0.3) is 0 Å². The Morgan fingerprint density at radius 1 is 1.19 bits per heavy atom. The van der Waals surface area contributed by atoms with Crippen LogP contribution in [0.15, 0.2) is 30.3 Å². The van der Waals surface area contributed by atoms with Crippen LogP contribution in [0.3, 0.4) is 0 Å². The van der Waals surface area contributed by atoms with Crippen molar-refractivity contribution >= 4 is 5.91 Å². The van der Waals surface area contributed by atoms with Crippen LogP contribution in [0.4, 0.5) is 0 Å². The van der Waals surface area contributed by atoms with Crippen LogP contribution in [-0.2, 0) is 9.53 Å². The summed E-state index contributed by atoms with van der Waals surface area (Å²) in [5.74, 6) is 0.803. The fourth-order valence-corrected chi connectivity index (χ4v) is 1.14. The number of nitrogens with one attached hydrogen (secondary N) is 1. The zero-order valence-corrected chi connectivity index (χ0v) is 9.44. The fraction of sp³-hybridized carbons (Fsp3) is 0.417. The third kappa shape index (κ3) is 6.03. The molecule has 0 bridgehead atoms. The first-order valence-electron chi connectivity index (χ1n) is 5.29. The lowest BCUT2D eigenvalue weighted by Crippen LogP contribution is -2.25. The first-order chi connectivity index (χ1) is 7.79. The molecule has 0 spiro atoms. The maximum absolute atomic E-state index is 10.5. The highest BCUT2D eigenvalue weighted by Crippen LogP contribution is 2.07. The van der Waals surface area contributed by atoms with Gasteiger partial charge in [0.1, 0.15) is 12.4 Å². The smallest absolute Gasteiger partial charge is 0.216 e. The number of benzene rings is 1. The van der Waals surface area contributed by atoms with Crippen molar-refractivity contribution in [2.75, 3.05) is 26.4 Å². The molecule has 16 heavy (non-hydrogen) atoms. The molecule has 88 valence electrons. The Hall–Kier alpha value is -1.55. The van der Waals surface area contributed by atoms with E-state index in [0.717, 1.165) is 5.75 Å². The Kier molecular flexibility index (Phi) is 6.03. The predicted octanol–water partition coefficient (Wildman–Crippen LogP) is 1.22. The van der Waals surface area contributed by atoms with Crippen LogP contribution >= 0.6 is 0 Å². The van der Waals surface area contributed by atoms with Crippen molar-refractivity contribution in [2.45, 2.75) is 6.92 Å². The number of carbonyl (C=O) groups excluding carboxylic acids is 1. The van der Waals surface area contributed by atoms with Gasteiger partial charge in [-0.05, 0) is 12.1 Å². The second-order valence-corrected chi connectivity index (χ2v) is 3.26. The Morgan fingerprint density at radius 3 is 2.62 bits per heavy atom. The molecule has 0 fully saturated rings. The monoisotopic (exact) mass is 223 g/mol. The van der Waals surface area contributed by atoms with Crippen molar-refractivity contribution in [2.24, 2.45) is 0 Å². The summed E-state index contributed by atoms with van der Waals surface area (Å²) >= 11 is 0. The van der Waals surface area contributed by atoms with Crippen LogP contribution in [0, 0.1) is 0 Å². The molecule has 0 aromatic heterocycles. The standard InChI is InChI=1S/C12H17NO3/c1-11(14)13-7-8-15-9-10-16-12-5-3-2-4-6-12/h2-6H,7-10H2,1H3,(H,13,14). The molecule has 0 saturated heterocycles. The van der Waals surface area contributed by atoms with Gasteiger partial charge in [0.05, 0.1) is 13.2 Å². The van der Waals surface area contributed by atoms with Crippen molar-refractivity contribution < 1.29 is 14.3 Å². The molecule has 4 nitrogen and oxygen atoms in total. The quantitative estimate of drug-likeness (QED) is 0.707. The van der Waals surface area contributed by atoms with Crippen LogP contribution in [0.1, 0.15) is 6.92 Å². The molecule has 0 radical (unpaired) electrons. The molecule has 0 unspecified atom stereocenters. The van der Waals surface area contributed by atoms with Gasteiger partial charge in [-0.2, -0.15) is 0 Å². The SMILES string of the molecule is CC(=O)NCCOCCOc1ccccc1. The van der Waals surface area contributed by atoms with E-state index in [1.54, 1.807) is 0 Å². The van der Waals surface area contributed by atoms with Gasteiger partial charge in [0.25, 0.3) is 0 Å². The molecule has 0 aliphatic rings. The number of para-hydroxylation sites is 1. The van der Waals surface area contributed by atoms with Gasteiger partial charge in [-0.15, -0.1) is 0 Å². The van der Waals surface area contributed by atoms with Gasteiger partial charge in [-0.3, -0.25) is 4.79 Å². The molecular formula is C12H17NO3. The zero-order chi connectivity index (χ0) is 11.6. The summed E-state index contributed by atoms with van der Waals surface area (Å²) in [5.41, 5.74) is 0. The molecule has 0 heterocycles. The summed E-state index contributed by atoms with van der Waals surface area (Å²) in [6.45, 7) is 3.58. The fourth-order valence-electron chi connectivity index (χ4n) is 1.14.